The first-order chi connectivity index (χ1) is 11.7. The molecule has 0 aromatic heterocycles. The Morgan fingerprint density at radius 3 is 2.25 bits per heavy atom. The van der Waals surface area contributed by atoms with Crippen molar-refractivity contribution in [2.45, 2.75) is 38.9 Å². The summed E-state index contributed by atoms with van der Waals surface area (Å²) in [5.41, 5.74) is 2.93. The number of nitrogens with one attached hydrogen (secondary N) is 2. The highest BCUT2D eigenvalue weighted by atomic mass is 79.9. The second kappa shape index (κ2) is 8.80. The first-order valence-corrected chi connectivity index (χ1v) is 10.0. The maximum atomic E-state index is 3.52. The number of rotatable bonds is 6. The van der Waals surface area contributed by atoms with Gasteiger partial charge in [-0.05, 0) is 19.1 Å². The van der Waals surface area contributed by atoms with Gasteiger partial charge in [-0.1, -0.05) is 58.4 Å². The fourth-order valence-electron chi connectivity index (χ4n) is 3.92. The van der Waals surface area contributed by atoms with Gasteiger partial charge < -0.3 is 9.80 Å². The quantitative estimate of drug-likeness (QED) is 0.749. The lowest BCUT2D eigenvalue weighted by Crippen LogP contribution is -3.19. The van der Waals surface area contributed by atoms with Gasteiger partial charge in [0.2, 0.25) is 0 Å². The third-order valence-electron chi connectivity index (χ3n) is 5.37. The summed E-state index contributed by atoms with van der Waals surface area (Å²) in [6.07, 6.45) is 2.70. The van der Waals surface area contributed by atoms with E-state index in [0.717, 1.165) is 6.04 Å². The van der Waals surface area contributed by atoms with Gasteiger partial charge in [-0.3, -0.25) is 0 Å². The van der Waals surface area contributed by atoms with Crippen LogP contribution in [-0.2, 0) is 13.1 Å². The summed E-state index contributed by atoms with van der Waals surface area (Å²) in [6, 6.07) is 20.6. The SMILES string of the molecule is CC[NH+](Cc1ccccc1)C1CC[NH+](Cc2ccc(Br)cc2)CC1. The molecule has 0 radical (unpaired) electrons. The van der Waals surface area contributed by atoms with E-state index in [1.165, 1.54) is 61.2 Å². The molecule has 0 amide bonds. The fraction of sp³-hybridized carbons (Fsp3) is 0.429. The second-order valence-electron chi connectivity index (χ2n) is 7.00. The van der Waals surface area contributed by atoms with Crippen molar-refractivity contribution in [3.05, 3.63) is 70.2 Å². The highest BCUT2D eigenvalue weighted by Crippen LogP contribution is 2.10. The van der Waals surface area contributed by atoms with Crippen LogP contribution >= 0.6 is 15.9 Å². The third kappa shape index (κ3) is 4.92. The van der Waals surface area contributed by atoms with Gasteiger partial charge in [0.05, 0.1) is 25.7 Å². The van der Waals surface area contributed by atoms with E-state index in [1.807, 2.05) is 0 Å². The molecule has 2 aromatic rings. The van der Waals surface area contributed by atoms with Crippen LogP contribution in [0.25, 0.3) is 0 Å². The zero-order chi connectivity index (χ0) is 16.8. The smallest absolute Gasteiger partial charge is 0.103 e. The van der Waals surface area contributed by atoms with E-state index in [2.05, 4.69) is 77.5 Å². The van der Waals surface area contributed by atoms with Crippen molar-refractivity contribution in [3.63, 3.8) is 0 Å². The van der Waals surface area contributed by atoms with E-state index >= 15 is 0 Å². The molecule has 1 atom stereocenters. The molecule has 0 spiro atoms. The summed E-state index contributed by atoms with van der Waals surface area (Å²) in [4.78, 5) is 3.49. The highest BCUT2D eigenvalue weighted by Gasteiger charge is 2.29. The second-order valence-corrected chi connectivity index (χ2v) is 7.92. The van der Waals surface area contributed by atoms with Crippen LogP contribution < -0.4 is 9.80 Å². The largest absolute Gasteiger partial charge is 0.331 e. The molecular formula is C21H29BrN2+2. The molecule has 1 unspecified atom stereocenters. The molecule has 1 heterocycles. The maximum Gasteiger partial charge on any atom is 0.103 e. The topological polar surface area (TPSA) is 8.88 Å². The standard InChI is InChI=1S/C21H27BrN2/c1-2-24(17-18-6-4-3-5-7-18)21-12-14-23(15-13-21)16-19-8-10-20(22)11-9-19/h3-11,21H,2,12-17H2,1H3/p+2. The molecule has 0 aliphatic carbocycles. The van der Waals surface area contributed by atoms with Crippen molar-refractivity contribution in [1.82, 2.24) is 0 Å². The van der Waals surface area contributed by atoms with Crippen molar-refractivity contribution in [2.24, 2.45) is 0 Å². The Hall–Kier alpha value is -1.16. The summed E-state index contributed by atoms with van der Waals surface area (Å²) in [7, 11) is 0. The molecule has 1 aliphatic heterocycles. The van der Waals surface area contributed by atoms with Crippen LogP contribution in [-0.4, -0.2) is 25.7 Å². The molecule has 2 aromatic carbocycles. The van der Waals surface area contributed by atoms with Crippen LogP contribution in [0.4, 0.5) is 0 Å². The zero-order valence-corrected chi connectivity index (χ0v) is 16.2. The normalized spacial score (nSPS) is 22.2. The van der Waals surface area contributed by atoms with Gasteiger partial charge in [0.25, 0.3) is 0 Å². The van der Waals surface area contributed by atoms with E-state index in [1.54, 1.807) is 9.80 Å². The third-order valence-corrected chi connectivity index (χ3v) is 5.89. The lowest BCUT2D eigenvalue weighted by molar-refractivity contribution is -0.969. The Morgan fingerprint density at radius 2 is 1.62 bits per heavy atom. The number of benzene rings is 2. The van der Waals surface area contributed by atoms with Crippen molar-refractivity contribution in [1.29, 1.82) is 0 Å². The molecule has 2 nitrogen and oxygen atoms in total. The van der Waals surface area contributed by atoms with Crippen molar-refractivity contribution in [3.8, 4) is 0 Å². The number of halogens is 1. The van der Waals surface area contributed by atoms with Gasteiger partial charge >= 0.3 is 0 Å². The molecule has 2 N–H and O–H groups in total. The van der Waals surface area contributed by atoms with Crippen LogP contribution in [0.15, 0.2) is 59.1 Å². The number of likely N-dealkylation sites (tertiary alicyclic amines) is 1. The number of quaternary nitrogens is 2. The van der Waals surface area contributed by atoms with Crippen LogP contribution in [0.1, 0.15) is 30.9 Å². The van der Waals surface area contributed by atoms with Gasteiger partial charge in [0, 0.05) is 28.4 Å². The number of hydrogen-bond donors (Lipinski definition) is 2. The molecule has 1 fully saturated rings. The molecule has 1 saturated heterocycles. The van der Waals surface area contributed by atoms with E-state index in [9.17, 15) is 0 Å². The van der Waals surface area contributed by atoms with E-state index in [-0.39, 0.29) is 0 Å². The molecule has 128 valence electrons. The van der Waals surface area contributed by atoms with Crippen molar-refractivity contribution < 1.29 is 9.80 Å². The molecule has 3 heteroatoms. The highest BCUT2D eigenvalue weighted by molar-refractivity contribution is 9.10. The van der Waals surface area contributed by atoms with Gasteiger partial charge in [0.1, 0.15) is 13.1 Å². The summed E-state index contributed by atoms with van der Waals surface area (Å²) in [5, 5.41) is 0. The minimum absolute atomic E-state index is 0.823. The van der Waals surface area contributed by atoms with Crippen LogP contribution in [0.5, 0.6) is 0 Å². The van der Waals surface area contributed by atoms with Crippen molar-refractivity contribution in [2.75, 3.05) is 19.6 Å². The first-order valence-electron chi connectivity index (χ1n) is 9.21. The molecule has 0 saturated carbocycles. The Kier molecular flexibility index (Phi) is 6.47. The number of hydrogen-bond acceptors (Lipinski definition) is 0. The van der Waals surface area contributed by atoms with Gasteiger partial charge in [-0.15, -0.1) is 0 Å². The molecule has 0 bridgehead atoms. The Bertz CT molecular complexity index is 603. The van der Waals surface area contributed by atoms with E-state index < -0.39 is 0 Å². The van der Waals surface area contributed by atoms with Gasteiger partial charge in [-0.2, -0.15) is 0 Å². The van der Waals surface area contributed by atoms with Crippen LogP contribution in [0.2, 0.25) is 0 Å². The van der Waals surface area contributed by atoms with Crippen LogP contribution in [0.3, 0.4) is 0 Å². The predicted octanol–water partition coefficient (Wildman–Crippen LogP) is 2.10. The van der Waals surface area contributed by atoms with Gasteiger partial charge in [0.15, 0.2) is 0 Å². The summed E-state index contributed by atoms with van der Waals surface area (Å²) < 4.78 is 1.17. The fourth-order valence-corrected chi connectivity index (χ4v) is 4.18. The van der Waals surface area contributed by atoms with E-state index in [4.69, 9.17) is 0 Å². The average Bonchev–Trinajstić information content (AvgIpc) is 2.63. The molecule has 24 heavy (non-hydrogen) atoms. The first kappa shape index (κ1) is 17.7. The Balaban J connectivity index is 1.50. The minimum Gasteiger partial charge on any atom is -0.331 e. The van der Waals surface area contributed by atoms with E-state index in [0.29, 0.717) is 0 Å². The minimum atomic E-state index is 0.823. The number of piperidine rings is 1. The summed E-state index contributed by atoms with van der Waals surface area (Å²) in [5.74, 6) is 0. The summed E-state index contributed by atoms with van der Waals surface area (Å²) >= 11 is 3.52. The predicted molar refractivity (Wildman–Crippen MR) is 103 cm³/mol. The molecule has 3 rings (SSSR count). The summed E-state index contributed by atoms with van der Waals surface area (Å²) in [6.45, 7) is 8.50. The average molecular weight is 389 g/mol. The maximum absolute atomic E-state index is 3.52. The van der Waals surface area contributed by atoms with Crippen molar-refractivity contribution >= 4 is 15.9 Å². The molecule has 1 aliphatic rings. The zero-order valence-electron chi connectivity index (χ0n) is 14.6. The van der Waals surface area contributed by atoms with Crippen LogP contribution in [0, 0.1) is 0 Å². The molecular weight excluding hydrogens is 360 g/mol. The monoisotopic (exact) mass is 388 g/mol. The Labute approximate surface area is 154 Å². The Morgan fingerprint density at radius 1 is 0.958 bits per heavy atom. The lowest BCUT2D eigenvalue weighted by atomic mass is 10.0. The lowest BCUT2D eigenvalue weighted by Gasteiger charge is -2.34. The van der Waals surface area contributed by atoms with Gasteiger partial charge in [-0.25, -0.2) is 0 Å².